The summed E-state index contributed by atoms with van der Waals surface area (Å²) in [5.41, 5.74) is 0.631. The van der Waals surface area contributed by atoms with Crippen LogP contribution < -0.4 is 9.47 Å². The molecule has 0 radical (unpaired) electrons. The van der Waals surface area contributed by atoms with Crippen LogP contribution in [0.4, 0.5) is 0 Å². The minimum absolute atomic E-state index is 0.341. The van der Waals surface area contributed by atoms with Gasteiger partial charge in [-0.15, -0.1) is 0 Å². The number of nitrogens with zero attached hydrogens (tertiary/aromatic N) is 1. The Morgan fingerprint density at radius 2 is 2.24 bits per heavy atom. The van der Waals surface area contributed by atoms with E-state index in [4.69, 9.17) is 26.3 Å². The Labute approximate surface area is 105 Å². The van der Waals surface area contributed by atoms with Crippen molar-refractivity contribution in [2.24, 2.45) is 5.16 Å². The van der Waals surface area contributed by atoms with Crippen molar-refractivity contribution >= 4 is 17.8 Å². The molecule has 0 aliphatic rings. The van der Waals surface area contributed by atoms with Gasteiger partial charge in [-0.3, -0.25) is 0 Å². The summed E-state index contributed by atoms with van der Waals surface area (Å²) >= 11 is 6.06. The van der Waals surface area contributed by atoms with Gasteiger partial charge < -0.3 is 14.7 Å². The van der Waals surface area contributed by atoms with Crippen LogP contribution in [0, 0.1) is 0 Å². The number of halogens is 1. The normalized spacial score (nSPS) is 10.5. The third-order valence-corrected chi connectivity index (χ3v) is 2.16. The Hall–Kier alpha value is -1.68. The molecule has 0 unspecified atom stereocenters. The first kappa shape index (κ1) is 13.4. The van der Waals surface area contributed by atoms with Crippen LogP contribution in [0.3, 0.4) is 0 Å². The number of ether oxygens (including phenoxy) is 2. The fourth-order valence-corrected chi connectivity index (χ4v) is 1.55. The average Bonchev–Trinajstić information content (AvgIpc) is 2.29. The lowest BCUT2D eigenvalue weighted by Crippen LogP contribution is -2.00. The monoisotopic (exact) mass is 255 g/mol. The fourth-order valence-electron chi connectivity index (χ4n) is 1.27. The summed E-state index contributed by atoms with van der Waals surface area (Å²) in [5.74, 6) is 0.972. The number of hydrogen-bond acceptors (Lipinski definition) is 4. The zero-order chi connectivity index (χ0) is 12.7. The van der Waals surface area contributed by atoms with Crippen molar-refractivity contribution in [1.29, 1.82) is 0 Å². The fraction of sp³-hybridized carbons (Fsp3) is 0.250. The third-order valence-electron chi connectivity index (χ3n) is 1.88. The van der Waals surface area contributed by atoms with Gasteiger partial charge in [-0.25, -0.2) is 0 Å². The second kappa shape index (κ2) is 6.81. The molecule has 0 aliphatic carbocycles. The lowest BCUT2D eigenvalue weighted by Gasteiger charge is -2.13. The molecule has 4 nitrogen and oxygen atoms in total. The molecule has 1 rings (SSSR count). The van der Waals surface area contributed by atoms with Gasteiger partial charge in [-0.05, 0) is 19.1 Å². The van der Waals surface area contributed by atoms with Crippen molar-refractivity contribution in [3.8, 4) is 11.5 Å². The summed E-state index contributed by atoms with van der Waals surface area (Å²) in [7, 11) is 0. The zero-order valence-corrected chi connectivity index (χ0v) is 10.3. The van der Waals surface area contributed by atoms with Crippen LogP contribution in [0.2, 0.25) is 5.02 Å². The van der Waals surface area contributed by atoms with Crippen molar-refractivity contribution in [2.45, 2.75) is 6.92 Å². The van der Waals surface area contributed by atoms with Crippen LogP contribution in [0.1, 0.15) is 12.5 Å². The third kappa shape index (κ3) is 3.67. The molecule has 0 aliphatic heterocycles. The molecule has 17 heavy (non-hydrogen) atoms. The summed E-state index contributed by atoms with van der Waals surface area (Å²) in [6.45, 7) is 6.25. The highest BCUT2D eigenvalue weighted by atomic mass is 35.5. The van der Waals surface area contributed by atoms with Gasteiger partial charge in [0, 0.05) is 5.56 Å². The van der Waals surface area contributed by atoms with Gasteiger partial charge in [-0.1, -0.05) is 29.4 Å². The average molecular weight is 256 g/mol. The summed E-state index contributed by atoms with van der Waals surface area (Å²) in [5, 5.41) is 11.8. The van der Waals surface area contributed by atoms with Crippen molar-refractivity contribution in [3.63, 3.8) is 0 Å². The quantitative estimate of drug-likeness (QED) is 0.368. The topological polar surface area (TPSA) is 51.0 Å². The van der Waals surface area contributed by atoms with Gasteiger partial charge in [0.05, 0.1) is 17.8 Å². The molecule has 0 fully saturated rings. The summed E-state index contributed by atoms with van der Waals surface area (Å²) in [4.78, 5) is 0. The van der Waals surface area contributed by atoms with E-state index < -0.39 is 0 Å². The van der Waals surface area contributed by atoms with Crippen LogP contribution in [0.5, 0.6) is 11.5 Å². The number of benzene rings is 1. The maximum Gasteiger partial charge on any atom is 0.180 e. The van der Waals surface area contributed by atoms with Crippen LogP contribution in [-0.2, 0) is 0 Å². The Kier molecular flexibility index (Phi) is 5.36. The van der Waals surface area contributed by atoms with E-state index in [0.717, 1.165) is 0 Å². The van der Waals surface area contributed by atoms with E-state index in [2.05, 4.69) is 11.7 Å². The Balaban J connectivity index is 3.12. The largest absolute Gasteiger partial charge is 0.490 e. The molecule has 0 atom stereocenters. The van der Waals surface area contributed by atoms with Crippen LogP contribution in [0.25, 0.3) is 0 Å². The molecule has 5 heteroatoms. The first-order valence-corrected chi connectivity index (χ1v) is 5.48. The molecule has 0 spiro atoms. The van der Waals surface area contributed by atoms with Gasteiger partial charge in [-0.2, -0.15) is 0 Å². The SMILES string of the molecule is C=CCOc1c(Cl)cc(/C=N\O)cc1OCC. The van der Waals surface area contributed by atoms with E-state index in [9.17, 15) is 0 Å². The standard InChI is InChI=1S/C12H14ClNO3/c1-3-5-17-12-10(13)6-9(8-14-15)7-11(12)16-4-2/h3,6-8,15H,1,4-5H2,2H3/b14-8-. The first-order valence-electron chi connectivity index (χ1n) is 5.10. The second-order valence-electron chi connectivity index (χ2n) is 3.11. The highest BCUT2D eigenvalue weighted by molar-refractivity contribution is 6.32. The molecule has 0 amide bonds. The smallest absolute Gasteiger partial charge is 0.180 e. The van der Waals surface area contributed by atoms with Crippen LogP contribution >= 0.6 is 11.6 Å². The molecule has 1 aromatic rings. The van der Waals surface area contributed by atoms with E-state index in [0.29, 0.717) is 35.3 Å². The predicted molar refractivity (Wildman–Crippen MR) is 67.7 cm³/mol. The maximum atomic E-state index is 8.48. The van der Waals surface area contributed by atoms with Crippen molar-refractivity contribution < 1.29 is 14.7 Å². The van der Waals surface area contributed by atoms with E-state index >= 15 is 0 Å². The highest BCUT2D eigenvalue weighted by Gasteiger charge is 2.11. The maximum absolute atomic E-state index is 8.48. The molecular weight excluding hydrogens is 242 g/mol. The lowest BCUT2D eigenvalue weighted by atomic mass is 10.2. The minimum Gasteiger partial charge on any atom is -0.490 e. The van der Waals surface area contributed by atoms with Crippen molar-refractivity contribution in [1.82, 2.24) is 0 Å². The van der Waals surface area contributed by atoms with Gasteiger partial charge in [0.15, 0.2) is 11.5 Å². The molecule has 92 valence electrons. The molecule has 0 bridgehead atoms. The highest BCUT2D eigenvalue weighted by Crippen LogP contribution is 2.36. The van der Waals surface area contributed by atoms with E-state index in [1.54, 1.807) is 18.2 Å². The number of hydrogen-bond donors (Lipinski definition) is 1. The Bertz CT molecular complexity index is 418. The summed E-state index contributed by atoms with van der Waals surface area (Å²) in [6, 6.07) is 3.32. The van der Waals surface area contributed by atoms with E-state index in [1.165, 1.54) is 6.21 Å². The first-order chi connectivity index (χ1) is 8.22. The Morgan fingerprint density at radius 3 is 2.82 bits per heavy atom. The molecular formula is C12H14ClNO3. The van der Waals surface area contributed by atoms with E-state index in [1.807, 2.05) is 6.92 Å². The predicted octanol–water partition coefficient (Wildman–Crippen LogP) is 3.11. The Morgan fingerprint density at radius 1 is 1.47 bits per heavy atom. The van der Waals surface area contributed by atoms with Gasteiger partial charge in [0.25, 0.3) is 0 Å². The molecule has 0 saturated heterocycles. The second-order valence-corrected chi connectivity index (χ2v) is 3.51. The summed E-state index contributed by atoms with van der Waals surface area (Å²) in [6.07, 6.45) is 2.89. The molecule has 0 aromatic heterocycles. The lowest BCUT2D eigenvalue weighted by molar-refractivity contribution is 0.297. The minimum atomic E-state index is 0.341. The van der Waals surface area contributed by atoms with Gasteiger partial charge >= 0.3 is 0 Å². The number of oxime groups is 1. The molecule has 0 saturated carbocycles. The molecule has 1 N–H and O–H groups in total. The number of rotatable bonds is 6. The molecule has 0 heterocycles. The van der Waals surface area contributed by atoms with Crippen LogP contribution in [0.15, 0.2) is 29.9 Å². The van der Waals surface area contributed by atoms with Crippen LogP contribution in [-0.4, -0.2) is 24.6 Å². The zero-order valence-electron chi connectivity index (χ0n) is 9.52. The van der Waals surface area contributed by atoms with E-state index in [-0.39, 0.29) is 0 Å². The molecule has 1 aromatic carbocycles. The van der Waals surface area contributed by atoms with Gasteiger partial charge in [0.2, 0.25) is 0 Å². The van der Waals surface area contributed by atoms with Crippen molar-refractivity contribution in [3.05, 3.63) is 35.4 Å². The summed E-state index contributed by atoms with van der Waals surface area (Å²) < 4.78 is 10.8. The van der Waals surface area contributed by atoms with Gasteiger partial charge in [0.1, 0.15) is 6.61 Å². The van der Waals surface area contributed by atoms with Crippen molar-refractivity contribution in [2.75, 3.05) is 13.2 Å².